The number of rotatable bonds is 6. The van der Waals surface area contributed by atoms with Gasteiger partial charge in [0.05, 0.1) is 13.2 Å². The van der Waals surface area contributed by atoms with Crippen molar-refractivity contribution >= 4 is 0 Å². The van der Waals surface area contributed by atoms with E-state index < -0.39 is 28.8 Å². The Morgan fingerprint density at radius 1 is 0.500 bits per heavy atom. The molecule has 1 saturated carbocycles. The van der Waals surface area contributed by atoms with Gasteiger partial charge in [0, 0.05) is 24.7 Å². The zero-order valence-corrected chi connectivity index (χ0v) is 21.4. The highest BCUT2D eigenvalue weighted by Gasteiger charge is 2.62. The average molecular weight is 507 g/mol. The summed E-state index contributed by atoms with van der Waals surface area (Å²) in [4.78, 5) is 0. The summed E-state index contributed by atoms with van der Waals surface area (Å²) in [5, 5.41) is 25.9. The minimum absolute atomic E-state index is 0.421. The van der Waals surface area contributed by atoms with E-state index in [-0.39, 0.29) is 0 Å². The Balaban J connectivity index is 1.59. The maximum absolute atomic E-state index is 13.0. The fourth-order valence-corrected chi connectivity index (χ4v) is 6.73. The van der Waals surface area contributed by atoms with Crippen molar-refractivity contribution in [2.75, 3.05) is 13.2 Å². The summed E-state index contributed by atoms with van der Waals surface area (Å²) in [7, 11) is 0. The molecule has 2 unspecified atom stereocenters. The van der Waals surface area contributed by atoms with Gasteiger partial charge in [0.15, 0.2) is 5.79 Å². The van der Waals surface area contributed by atoms with Crippen LogP contribution in [0.15, 0.2) is 121 Å². The van der Waals surface area contributed by atoms with E-state index in [1.165, 1.54) is 0 Å². The molecule has 0 bridgehead atoms. The first-order chi connectivity index (χ1) is 18.6. The van der Waals surface area contributed by atoms with Gasteiger partial charge < -0.3 is 19.7 Å². The number of ether oxygens (including phenoxy) is 2. The second kappa shape index (κ2) is 10.1. The zero-order valence-electron chi connectivity index (χ0n) is 21.4. The molecule has 6 rings (SSSR count). The molecule has 2 N–H and O–H groups in total. The first-order valence-corrected chi connectivity index (χ1v) is 13.5. The van der Waals surface area contributed by atoms with E-state index >= 15 is 0 Å². The predicted molar refractivity (Wildman–Crippen MR) is 147 cm³/mol. The van der Waals surface area contributed by atoms with Crippen molar-refractivity contribution in [3.63, 3.8) is 0 Å². The molecule has 2 atom stereocenters. The van der Waals surface area contributed by atoms with Crippen molar-refractivity contribution in [2.45, 2.75) is 36.3 Å². The third-order valence-electron chi connectivity index (χ3n) is 8.50. The zero-order chi connectivity index (χ0) is 26.1. The van der Waals surface area contributed by atoms with Crippen molar-refractivity contribution in [3.8, 4) is 0 Å². The van der Waals surface area contributed by atoms with Crippen molar-refractivity contribution in [2.24, 2.45) is 11.8 Å². The number of benzene rings is 4. The maximum Gasteiger partial charge on any atom is 0.169 e. The molecular formula is C34H34O4. The predicted octanol–water partition coefficient (Wildman–Crippen LogP) is 6.02. The van der Waals surface area contributed by atoms with Crippen LogP contribution in [0.2, 0.25) is 0 Å². The lowest BCUT2D eigenvalue weighted by Gasteiger charge is -2.45. The number of hydrogen-bond donors (Lipinski definition) is 2. The fourth-order valence-electron chi connectivity index (χ4n) is 6.73. The Morgan fingerprint density at radius 3 is 1.08 bits per heavy atom. The summed E-state index contributed by atoms with van der Waals surface area (Å²) in [6.07, 6.45) is 1.75. The van der Waals surface area contributed by atoms with Gasteiger partial charge in [-0.15, -0.1) is 0 Å². The van der Waals surface area contributed by atoms with Gasteiger partial charge in [-0.3, -0.25) is 0 Å². The van der Waals surface area contributed by atoms with Crippen LogP contribution in [0.3, 0.4) is 0 Å². The van der Waals surface area contributed by atoms with Crippen LogP contribution < -0.4 is 0 Å². The third kappa shape index (κ3) is 4.18. The lowest BCUT2D eigenvalue weighted by atomic mass is 9.64. The van der Waals surface area contributed by atoms with E-state index in [4.69, 9.17) is 9.47 Å². The molecule has 1 heterocycles. The van der Waals surface area contributed by atoms with Crippen LogP contribution in [0.1, 0.15) is 41.5 Å². The molecule has 4 aromatic carbocycles. The number of hydrogen-bond acceptors (Lipinski definition) is 4. The normalized spacial score (nSPS) is 21.4. The minimum atomic E-state index is -1.39. The van der Waals surface area contributed by atoms with Crippen LogP contribution in [0.25, 0.3) is 0 Å². The van der Waals surface area contributed by atoms with Crippen molar-refractivity contribution in [1.82, 2.24) is 0 Å². The van der Waals surface area contributed by atoms with Crippen molar-refractivity contribution in [3.05, 3.63) is 144 Å². The van der Waals surface area contributed by atoms with Crippen molar-refractivity contribution < 1.29 is 19.7 Å². The molecule has 4 aromatic rings. The molecular weight excluding hydrogens is 472 g/mol. The van der Waals surface area contributed by atoms with Gasteiger partial charge in [0.25, 0.3) is 0 Å². The SMILES string of the molecule is OC(c1ccccc1)(c1ccccc1)C1CC2(CC1C(O)(c1ccccc1)c1ccccc1)OCCCO2. The molecule has 4 heteroatoms. The highest BCUT2D eigenvalue weighted by Crippen LogP contribution is 2.59. The molecule has 194 valence electrons. The van der Waals surface area contributed by atoms with E-state index in [2.05, 4.69) is 0 Å². The lowest BCUT2D eigenvalue weighted by molar-refractivity contribution is -0.267. The molecule has 38 heavy (non-hydrogen) atoms. The average Bonchev–Trinajstić information content (AvgIpc) is 3.37. The maximum atomic E-state index is 13.0. The summed E-state index contributed by atoms with van der Waals surface area (Å²) < 4.78 is 12.8. The Bertz CT molecular complexity index is 1140. The Morgan fingerprint density at radius 2 is 0.789 bits per heavy atom. The molecule has 1 spiro atoms. The third-order valence-corrected chi connectivity index (χ3v) is 8.50. The van der Waals surface area contributed by atoms with Gasteiger partial charge in [-0.25, -0.2) is 0 Å². The quantitative estimate of drug-likeness (QED) is 0.336. The molecule has 1 aliphatic heterocycles. The fraction of sp³-hybridized carbons (Fsp3) is 0.294. The summed E-state index contributed by atoms with van der Waals surface area (Å²) in [6.45, 7) is 1.20. The second-order valence-corrected chi connectivity index (χ2v) is 10.6. The first kappa shape index (κ1) is 25.0. The van der Waals surface area contributed by atoms with Crippen molar-refractivity contribution in [1.29, 1.82) is 0 Å². The highest BCUT2D eigenvalue weighted by atomic mass is 16.7. The molecule has 4 nitrogen and oxygen atoms in total. The van der Waals surface area contributed by atoms with Gasteiger partial charge in [-0.1, -0.05) is 121 Å². The first-order valence-electron chi connectivity index (χ1n) is 13.5. The Hall–Kier alpha value is -3.28. The second-order valence-electron chi connectivity index (χ2n) is 10.6. The van der Waals surface area contributed by atoms with Gasteiger partial charge in [-0.05, 0) is 28.7 Å². The molecule has 0 amide bonds. The van der Waals surface area contributed by atoms with Crippen LogP contribution >= 0.6 is 0 Å². The summed E-state index contributed by atoms with van der Waals surface area (Å²) in [5.74, 6) is -1.71. The molecule has 2 aliphatic rings. The van der Waals surface area contributed by atoms with Crippen LogP contribution in [-0.2, 0) is 20.7 Å². The number of aliphatic hydroxyl groups is 2. The highest BCUT2D eigenvalue weighted by molar-refractivity contribution is 5.42. The van der Waals surface area contributed by atoms with Crippen LogP contribution in [0.5, 0.6) is 0 Å². The smallest absolute Gasteiger partial charge is 0.169 e. The Kier molecular flexibility index (Phi) is 6.67. The summed E-state index contributed by atoms with van der Waals surface area (Å²) in [6, 6.07) is 39.3. The summed E-state index contributed by atoms with van der Waals surface area (Å²) in [5.41, 5.74) is 0.377. The van der Waals surface area contributed by atoms with E-state index in [1.54, 1.807) is 0 Å². The molecule has 0 aromatic heterocycles. The lowest BCUT2D eigenvalue weighted by Crippen LogP contribution is -2.47. The topological polar surface area (TPSA) is 58.9 Å². The minimum Gasteiger partial charge on any atom is -0.380 e. The molecule has 0 radical (unpaired) electrons. The summed E-state index contributed by atoms with van der Waals surface area (Å²) >= 11 is 0. The Labute approximate surface area is 224 Å². The van der Waals surface area contributed by atoms with E-state index in [1.807, 2.05) is 121 Å². The molecule has 1 aliphatic carbocycles. The largest absolute Gasteiger partial charge is 0.380 e. The van der Waals surface area contributed by atoms with E-state index in [9.17, 15) is 10.2 Å². The van der Waals surface area contributed by atoms with Gasteiger partial charge in [0.1, 0.15) is 11.2 Å². The van der Waals surface area contributed by atoms with Crippen LogP contribution in [0.4, 0.5) is 0 Å². The molecule has 2 fully saturated rings. The van der Waals surface area contributed by atoms with E-state index in [0.717, 1.165) is 28.7 Å². The van der Waals surface area contributed by atoms with Crippen LogP contribution in [0, 0.1) is 11.8 Å². The van der Waals surface area contributed by atoms with Crippen LogP contribution in [-0.4, -0.2) is 29.2 Å². The van der Waals surface area contributed by atoms with Gasteiger partial charge >= 0.3 is 0 Å². The van der Waals surface area contributed by atoms with Gasteiger partial charge in [-0.2, -0.15) is 0 Å². The molecule has 1 saturated heterocycles. The standard InChI is InChI=1S/C34H34O4/c35-33(26-14-5-1-6-15-26,27-16-7-2-8-17-27)30-24-32(37-22-13-23-38-32)25-31(30)34(36,28-18-9-3-10-19-28)29-20-11-4-12-21-29/h1-12,14-21,30-31,35-36H,13,22-25H2. The van der Waals surface area contributed by atoms with Gasteiger partial charge in [0.2, 0.25) is 0 Å². The van der Waals surface area contributed by atoms with E-state index in [0.29, 0.717) is 26.1 Å². The monoisotopic (exact) mass is 506 g/mol.